The van der Waals surface area contributed by atoms with Crippen LogP contribution in [0.4, 0.5) is 0 Å². The summed E-state index contributed by atoms with van der Waals surface area (Å²) >= 11 is 12.3. The molecule has 0 aliphatic heterocycles. The van der Waals surface area contributed by atoms with Crippen LogP contribution in [0.3, 0.4) is 0 Å². The monoisotopic (exact) mass is 429 g/mol. The van der Waals surface area contributed by atoms with Gasteiger partial charge in [0.05, 0.1) is 16.7 Å². The first kappa shape index (κ1) is 20.0. The summed E-state index contributed by atoms with van der Waals surface area (Å²) in [5, 5.41) is 13.0. The van der Waals surface area contributed by atoms with Crippen LogP contribution in [-0.4, -0.2) is 0 Å². The Morgan fingerprint density at radius 2 is 1.67 bits per heavy atom. The predicted octanol–water partition coefficient (Wildman–Crippen LogP) is 7.79. The van der Waals surface area contributed by atoms with Crippen LogP contribution in [0.5, 0.6) is 5.75 Å². The van der Waals surface area contributed by atoms with Gasteiger partial charge in [0.25, 0.3) is 0 Å². The van der Waals surface area contributed by atoms with Gasteiger partial charge < -0.3 is 4.74 Å². The molecule has 0 aliphatic rings. The maximum absolute atomic E-state index is 9.70. The maximum Gasteiger partial charge on any atom is 0.127 e. The zero-order chi connectivity index (χ0) is 20.9. The number of rotatable bonds is 5. The van der Waals surface area contributed by atoms with Crippen LogP contribution in [0.25, 0.3) is 22.4 Å². The summed E-state index contributed by atoms with van der Waals surface area (Å²) in [5.41, 5.74) is 2.98. The van der Waals surface area contributed by atoms with Crippen LogP contribution >= 0.6 is 23.2 Å². The van der Waals surface area contributed by atoms with Gasteiger partial charge in [0, 0.05) is 16.1 Å². The van der Waals surface area contributed by atoms with Crippen LogP contribution < -0.4 is 4.74 Å². The number of fused-ring (bicyclic) bond motifs is 1. The second kappa shape index (κ2) is 9.05. The smallest absolute Gasteiger partial charge is 0.127 e. The van der Waals surface area contributed by atoms with E-state index in [1.165, 1.54) is 10.8 Å². The van der Waals surface area contributed by atoms with Gasteiger partial charge in [-0.2, -0.15) is 5.26 Å². The molecule has 0 heterocycles. The van der Waals surface area contributed by atoms with Gasteiger partial charge in [-0.15, -0.1) is 0 Å². The number of hydrogen-bond acceptors (Lipinski definition) is 2. The highest BCUT2D eigenvalue weighted by atomic mass is 35.5. The lowest BCUT2D eigenvalue weighted by atomic mass is 10.0. The minimum Gasteiger partial charge on any atom is -0.488 e. The lowest BCUT2D eigenvalue weighted by Gasteiger charge is -2.12. The fourth-order valence-corrected chi connectivity index (χ4v) is 3.85. The zero-order valence-corrected chi connectivity index (χ0v) is 17.5. The minimum absolute atomic E-state index is 0.426. The lowest BCUT2D eigenvalue weighted by molar-refractivity contribution is 0.307. The summed E-state index contributed by atoms with van der Waals surface area (Å²) in [7, 11) is 0. The molecule has 4 heteroatoms. The van der Waals surface area contributed by atoms with Gasteiger partial charge >= 0.3 is 0 Å². The van der Waals surface area contributed by atoms with E-state index in [-0.39, 0.29) is 0 Å². The van der Waals surface area contributed by atoms with Crippen molar-refractivity contribution in [2.24, 2.45) is 0 Å². The van der Waals surface area contributed by atoms with Crippen LogP contribution in [-0.2, 0) is 6.61 Å². The highest BCUT2D eigenvalue weighted by Crippen LogP contribution is 2.31. The highest BCUT2D eigenvalue weighted by Gasteiger charge is 2.10. The molecule has 2 nitrogen and oxygen atoms in total. The van der Waals surface area contributed by atoms with Crippen molar-refractivity contribution in [3.8, 4) is 11.8 Å². The molecule has 0 radical (unpaired) electrons. The number of benzene rings is 4. The quantitative estimate of drug-likeness (QED) is 0.239. The Kier molecular flexibility index (Phi) is 6.05. The molecule has 0 spiro atoms. The molecule has 4 aromatic rings. The van der Waals surface area contributed by atoms with Crippen LogP contribution in [0, 0.1) is 11.3 Å². The summed E-state index contributed by atoms with van der Waals surface area (Å²) < 4.78 is 6.15. The van der Waals surface area contributed by atoms with Crippen molar-refractivity contribution in [2.75, 3.05) is 0 Å². The summed E-state index contributed by atoms with van der Waals surface area (Å²) in [5.74, 6) is 0.697. The number of nitrogens with zero attached hydrogens (tertiary/aromatic N) is 1. The number of halogens is 2. The van der Waals surface area contributed by atoms with E-state index in [1.807, 2.05) is 42.5 Å². The second-order valence-electron chi connectivity index (χ2n) is 6.76. The third kappa shape index (κ3) is 4.33. The minimum atomic E-state index is 0.426. The third-order valence-corrected chi connectivity index (χ3v) is 5.37. The molecular formula is C26H17Cl2NO. The van der Waals surface area contributed by atoms with Gasteiger partial charge in [-0.05, 0) is 40.6 Å². The molecule has 0 aliphatic carbocycles. The van der Waals surface area contributed by atoms with E-state index in [0.717, 1.165) is 11.1 Å². The van der Waals surface area contributed by atoms with Crippen LogP contribution in [0.15, 0.2) is 84.9 Å². The molecule has 30 heavy (non-hydrogen) atoms. The van der Waals surface area contributed by atoms with E-state index in [9.17, 15) is 5.26 Å². The summed E-state index contributed by atoms with van der Waals surface area (Å²) in [6, 6.07) is 29.4. The van der Waals surface area contributed by atoms with Gasteiger partial charge in [-0.25, -0.2) is 0 Å². The Labute approximate surface area is 185 Å². The standard InChI is InChI=1S/C26H17Cl2NO/c27-22-12-13-24(25(28)15-22)21(16-29)14-19-7-2-4-11-26(19)30-17-20-9-5-8-18-6-1-3-10-23(18)20/h1-15H,17H2/b21-14+. The summed E-state index contributed by atoms with van der Waals surface area (Å²) in [4.78, 5) is 0. The van der Waals surface area contributed by atoms with Gasteiger partial charge in [0.15, 0.2) is 0 Å². The first-order chi connectivity index (χ1) is 14.7. The van der Waals surface area contributed by atoms with Crippen molar-refractivity contribution in [3.05, 3.63) is 112 Å². The lowest BCUT2D eigenvalue weighted by Crippen LogP contribution is -1.98. The number of ether oxygens (including phenoxy) is 1. The Morgan fingerprint density at radius 1 is 0.900 bits per heavy atom. The molecule has 0 saturated carbocycles. The Balaban J connectivity index is 1.65. The Bertz CT molecular complexity index is 1280. The molecule has 0 fully saturated rings. The molecular weight excluding hydrogens is 413 g/mol. The summed E-state index contributed by atoms with van der Waals surface area (Å²) in [6.45, 7) is 0.426. The first-order valence-corrected chi connectivity index (χ1v) is 10.2. The Hall–Kier alpha value is -3.25. The zero-order valence-electron chi connectivity index (χ0n) is 16.0. The van der Waals surface area contributed by atoms with Crippen molar-refractivity contribution >= 4 is 45.6 Å². The third-order valence-electron chi connectivity index (χ3n) is 4.82. The van der Waals surface area contributed by atoms with Crippen molar-refractivity contribution in [3.63, 3.8) is 0 Å². The van der Waals surface area contributed by atoms with E-state index in [0.29, 0.717) is 33.5 Å². The first-order valence-electron chi connectivity index (χ1n) is 9.41. The highest BCUT2D eigenvalue weighted by molar-refractivity contribution is 6.36. The van der Waals surface area contributed by atoms with Crippen molar-refractivity contribution in [2.45, 2.75) is 6.61 Å². The molecule has 0 unspecified atom stereocenters. The van der Waals surface area contributed by atoms with Gasteiger partial charge in [-0.3, -0.25) is 0 Å². The second-order valence-corrected chi connectivity index (χ2v) is 7.60. The van der Waals surface area contributed by atoms with E-state index in [1.54, 1.807) is 24.3 Å². The maximum atomic E-state index is 9.70. The number of hydrogen-bond donors (Lipinski definition) is 0. The number of allylic oxidation sites excluding steroid dienone is 1. The largest absolute Gasteiger partial charge is 0.488 e. The van der Waals surface area contributed by atoms with Crippen molar-refractivity contribution in [1.82, 2.24) is 0 Å². The van der Waals surface area contributed by atoms with E-state index >= 15 is 0 Å². The number of nitriles is 1. The normalized spacial score (nSPS) is 11.3. The average Bonchev–Trinajstić information content (AvgIpc) is 2.77. The molecule has 0 amide bonds. The van der Waals surface area contributed by atoms with Gasteiger partial charge in [0.2, 0.25) is 0 Å². The Morgan fingerprint density at radius 3 is 2.50 bits per heavy atom. The molecule has 0 aromatic heterocycles. The molecule has 146 valence electrons. The fraction of sp³-hybridized carbons (Fsp3) is 0.0385. The van der Waals surface area contributed by atoms with Crippen molar-refractivity contribution < 1.29 is 4.74 Å². The molecule has 0 bridgehead atoms. The topological polar surface area (TPSA) is 33.0 Å². The molecule has 0 saturated heterocycles. The molecule has 4 aromatic carbocycles. The summed E-state index contributed by atoms with van der Waals surface area (Å²) in [6.07, 6.45) is 1.79. The average molecular weight is 430 g/mol. The molecule has 0 atom stereocenters. The molecule has 4 rings (SSSR count). The fourth-order valence-electron chi connectivity index (χ4n) is 3.34. The SMILES string of the molecule is N#C/C(=C\c1ccccc1OCc1cccc2ccccc12)c1ccc(Cl)cc1Cl. The van der Waals surface area contributed by atoms with Crippen molar-refractivity contribution in [1.29, 1.82) is 5.26 Å². The van der Waals surface area contributed by atoms with E-state index in [4.69, 9.17) is 27.9 Å². The van der Waals surface area contributed by atoms with E-state index < -0.39 is 0 Å². The number of para-hydroxylation sites is 1. The van der Waals surface area contributed by atoms with Crippen LogP contribution in [0.2, 0.25) is 10.0 Å². The van der Waals surface area contributed by atoms with Gasteiger partial charge in [0.1, 0.15) is 12.4 Å². The van der Waals surface area contributed by atoms with Gasteiger partial charge in [-0.1, -0.05) is 89.9 Å². The van der Waals surface area contributed by atoms with E-state index in [2.05, 4.69) is 30.3 Å². The van der Waals surface area contributed by atoms with Crippen LogP contribution in [0.1, 0.15) is 16.7 Å². The predicted molar refractivity (Wildman–Crippen MR) is 125 cm³/mol. The molecule has 0 N–H and O–H groups in total.